The van der Waals surface area contributed by atoms with Crippen molar-refractivity contribution in [3.05, 3.63) is 0 Å². The van der Waals surface area contributed by atoms with Crippen molar-refractivity contribution in [3.8, 4) is 0 Å². The Bertz CT molecular complexity index is 243. The van der Waals surface area contributed by atoms with Crippen molar-refractivity contribution < 1.29 is 9.53 Å². The molecule has 3 atom stereocenters. The van der Waals surface area contributed by atoms with Gasteiger partial charge in [0.25, 0.3) is 0 Å². The Kier molecular flexibility index (Phi) is 4.74. The highest BCUT2D eigenvalue weighted by Crippen LogP contribution is 2.19. The normalized spacial score (nSPS) is 27.9. The van der Waals surface area contributed by atoms with Crippen LogP contribution < -0.4 is 5.32 Å². The molecule has 0 radical (unpaired) electrons. The Hall–Kier alpha value is -0.610. The summed E-state index contributed by atoms with van der Waals surface area (Å²) in [6.45, 7) is 8.90. The maximum atomic E-state index is 12.2. The highest BCUT2D eigenvalue weighted by atomic mass is 16.5. The van der Waals surface area contributed by atoms with E-state index in [0.29, 0.717) is 12.5 Å². The van der Waals surface area contributed by atoms with Crippen LogP contribution in [0.2, 0.25) is 0 Å². The van der Waals surface area contributed by atoms with Crippen molar-refractivity contribution in [2.45, 2.75) is 52.4 Å². The second-order valence-electron chi connectivity index (χ2n) is 4.85. The molecule has 0 aliphatic carbocycles. The predicted octanol–water partition coefficient (Wildman–Crippen LogP) is 1.21. The van der Waals surface area contributed by atoms with Crippen LogP contribution in [0.15, 0.2) is 0 Å². The molecule has 0 spiro atoms. The van der Waals surface area contributed by atoms with E-state index in [1.807, 2.05) is 11.8 Å². The molecule has 1 amide bonds. The number of rotatable bonds is 5. The second kappa shape index (κ2) is 5.64. The average Bonchev–Trinajstić information content (AvgIpc) is 2.56. The average molecular weight is 228 g/mol. The minimum absolute atomic E-state index is 0.0333. The van der Waals surface area contributed by atoms with E-state index < -0.39 is 0 Å². The maximum Gasteiger partial charge on any atom is 0.241 e. The number of nitrogens with one attached hydrogen (secondary N) is 1. The zero-order chi connectivity index (χ0) is 12.3. The number of methoxy groups -OCH3 is 1. The number of ether oxygens (including phenoxy) is 1. The summed E-state index contributed by atoms with van der Waals surface area (Å²) in [5.41, 5.74) is 0. The van der Waals surface area contributed by atoms with Crippen molar-refractivity contribution in [3.63, 3.8) is 0 Å². The number of carbonyl (C=O) groups is 1. The molecule has 1 heterocycles. The van der Waals surface area contributed by atoms with Gasteiger partial charge in [-0.05, 0) is 19.3 Å². The van der Waals surface area contributed by atoms with Crippen LogP contribution in [0.1, 0.15) is 34.1 Å². The van der Waals surface area contributed by atoms with Crippen molar-refractivity contribution >= 4 is 5.91 Å². The molecule has 0 saturated carbocycles. The highest BCUT2D eigenvalue weighted by Gasteiger charge is 2.39. The lowest BCUT2D eigenvalue weighted by molar-refractivity contribution is -0.132. The number of carbonyl (C=O) groups excluding carboxylic acids is 1. The molecule has 1 N–H and O–H groups in total. The van der Waals surface area contributed by atoms with Crippen LogP contribution in [-0.4, -0.2) is 42.8 Å². The SMILES string of the molecule is CCC1NC(C(C)C)C(=O)N1CC(C)OC. The number of hydrogen-bond donors (Lipinski definition) is 1. The third kappa shape index (κ3) is 2.74. The standard InChI is InChI=1S/C12H24N2O2/c1-6-10-13-11(8(2)3)12(15)14(10)7-9(4)16-5/h8-11,13H,6-7H2,1-5H3. The highest BCUT2D eigenvalue weighted by molar-refractivity contribution is 5.84. The molecule has 1 fully saturated rings. The molecule has 1 rings (SSSR count). The van der Waals surface area contributed by atoms with Gasteiger partial charge in [-0.15, -0.1) is 0 Å². The molecular formula is C12H24N2O2. The molecule has 4 nitrogen and oxygen atoms in total. The van der Waals surface area contributed by atoms with Crippen LogP contribution in [-0.2, 0) is 9.53 Å². The van der Waals surface area contributed by atoms with Gasteiger partial charge in [0.05, 0.1) is 18.3 Å². The van der Waals surface area contributed by atoms with E-state index in [9.17, 15) is 4.79 Å². The summed E-state index contributed by atoms with van der Waals surface area (Å²) in [7, 11) is 1.68. The fraction of sp³-hybridized carbons (Fsp3) is 0.917. The Morgan fingerprint density at radius 1 is 1.44 bits per heavy atom. The third-order valence-corrected chi connectivity index (χ3v) is 3.21. The fourth-order valence-corrected chi connectivity index (χ4v) is 2.09. The molecule has 0 aromatic rings. The third-order valence-electron chi connectivity index (χ3n) is 3.21. The number of amides is 1. The first-order valence-electron chi connectivity index (χ1n) is 6.10. The predicted molar refractivity (Wildman–Crippen MR) is 64.0 cm³/mol. The van der Waals surface area contributed by atoms with Crippen LogP contribution in [0.5, 0.6) is 0 Å². The molecule has 1 aliphatic rings. The molecule has 16 heavy (non-hydrogen) atoms. The molecule has 0 aromatic carbocycles. The first-order chi connectivity index (χ1) is 7.51. The summed E-state index contributed by atoms with van der Waals surface area (Å²) in [5, 5.41) is 3.39. The molecule has 1 aliphatic heterocycles. The van der Waals surface area contributed by atoms with E-state index in [1.165, 1.54) is 0 Å². The largest absolute Gasteiger partial charge is 0.380 e. The first-order valence-corrected chi connectivity index (χ1v) is 6.10. The lowest BCUT2D eigenvalue weighted by atomic mass is 10.1. The maximum absolute atomic E-state index is 12.2. The smallest absolute Gasteiger partial charge is 0.241 e. The zero-order valence-corrected chi connectivity index (χ0v) is 11.0. The van der Waals surface area contributed by atoms with Crippen LogP contribution in [0.25, 0.3) is 0 Å². The van der Waals surface area contributed by atoms with E-state index >= 15 is 0 Å². The molecule has 0 bridgehead atoms. The number of hydrogen-bond acceptors (Lipinski definition) is 3. The Morgan fingerprint density at radius 3 is 2.50 bits per heavy atom. The summed E-state index contributed by atoms with van der Waals surface area (Å²) in [6.07, 6.45) is 1.19. The fourth-order valence-electron chi connectivity index (χ4n) is 2.09. The summed E-state index contributed by atoms with van der Waals surface area (Å²) >= 11 is 0. The van der Waals surface area contributed by atoms with Crippen molar-refractivity contribution in [1.82, 2.24) is 10.2 Å². The van der Waals surface area contributed by atoms with Gasteiger partial charge in [-0.25, -0.2) is 0 Å². The van der Waals surface area contributed by atoms with Gasteiger partial charge < -0.3 is 9.64 Å². The Morgan fingerprint density at radius 2 is 2.06 bits per heavy atom. The molecule has 4 heteroatoms. The lowest BCUT2D eigenvalue weighted by Crippen LogP contribution is -2.41. The monoisotopic (exact) mass is 228 g/mol. The van der Waals surface area contributed by atoms with E-state index in [4.69, 9.17) is 4.74 Å². The van der Waals surface area contributed by atoms with E-state index in [-0.39, 0.29) is 24.2 Å². The van der Waals surface area contributed by atoms with Crippen LogP contribution in [0.3, 0.4) is 0 Å². The Labute approximate surface area is 98.3 Å². The lowest BCUT2D eigenvalue weighted by Gasteiger charge is -2.25. The van der Waals surface area contributed by atoms with Crippen LogP contribution in [0, 0.1) is 5.92 Å². The van der Waals surface area contributed by atoms with E-state index in [1.54, 1.807) is 7.11 Å². The minimum Gasteiger partial charge on any atom is -0.380 e. The Balaban J connectivity index is 2.70. The quantitative estimate of drug-likeness (QED) is 0.769. The van der Waals surface area contributed by atoms with Gasteiger partial charge in [-0.3, -0.25) is 10.1 Å². The van der Waals surface area contributed by atoms with Crippen LogP contribution >= 0.6 is 0 Å². The summed E-state index contributed by atoms with van der Waals surface area (Å²) in [4.78, 5) is 14.1. The van der Waals surface area contributed by atoms with Gasteiger partial charge in [-0.1, -0.05) is 20.8 Å². The van der Waals surface area contributed by atoms with E-state index in [0.717, 1.165) is 6.42 Å². The van der Waals surface area contributed by atoms with E-state index in [2.05, 4.69) is 26.1 Å². The topological polar surface area (TPSA) is 41.6 Å². The van der Waals surface area contributed by atoms with Crippen molar-refractivity contribution in [2.24, 2.45) is 5.92 Å². The molecular weight excluding hydrogens is 204 g/mol. The zero-order valence-electron chi connectivity index (χ0n) is 11.0. The molecule has 0 aromatic heterocycles. The van der Waals surface area contributed by atoms with Gasteiger partial charge in [0.15, 0.2) is 0 Å². The summed E-state index contributed by atoms with van der Waals surface area (Å²) < 4.78 is 5.23. The molecule has 94 valence electrons. The van der Waals surface area contributed by atoms with Gasteiger partial charge in [-0.2, -0.15) is 0 Å². The minimum atomic E-state index is -0.0333. The number of nitrogens with zero attached hydrogens (tertiary/aromatic N) is 1. The summed E-state index contributed by atoms with van der Waals surface area (Å²) in [5.74, 6) is 0.551. The second-order valence-corrected chi connectivity index (χ2v) is 4.85. The van der Waals surface area contributed by atoms with Gasteiger partial charge >= 0.3 is 0 Å². The van der Waals surface area contributed by atoms with Crippen LogP contribution in [0.4, 0.5) is 0 Å². The van der Waals surface area contributed by atoms with Gasteiger partial charge in [0.2, 0.25) is 5.91 Å². The molecule has 3 unspecified atom stereocenters. The molecule has 1 saturated heterocycles. The van der Waals surface area contributed by atoms with Gasteiger partial charge in [0.1, 0.15) is 0 Å². The van der Waals surface area contributed by atoms with Gasteiger partial charge in [0, 0.05) is 13.7 Å². The van der Waals surface area contributed by atoms with Crippen molar-refractivity contribution in [2.75, 3.05) is 13.7 Å². The first kappa shape index (κ1) is 13.5. The summed E-state index contributed by atoms with van der Waals surface area (Å²) in [6, 6.07) is -0.0333. The van der Waals surface area contributed by atoms with Crippen molar-refractivity contribution in [1.29, 1.82) is 0 Å².